The second-order valence-corrected chi connectivity index (χ2v) is 2.83. The van der Waals surface area contributed by atoms with Crippen molar-refractivity contribution in [3.05, 3.63) is 0 Å². The number of hydrogen-bond donors (Lipinski definition) is 1. The highest BCUT2D eigenvalue weighted by Crippen LogP contribution is 2.10. The Morgan fingerprint density at radius 2 is 2.40 bits per heavy atom. The smallest absolute Gasteiger partial charge is 0.198 e. The van der Waals surface area contributed by atoms with Crippen molar-refractivity contribution in [3.8, 4) is 0 Å². The minimum absolute atomic E-state index is 0.593. The van der Waals surface area contributed by atoms with Crippen LogP contribution in [0.25, 0.3) is 0 Å². The summed E-state index contributed by atoms with van der Waals surface area (Å²) in [5, 5.41) is 3.38. The molecule has 1 N–H and O–H groups in total. The third kappa shape index (κ3) is 2.48. The van der Waals surface area contributed by atoms with Crippen LogP contribution in [0.15, 0.2) is 0 Å². The molecular weight excluding hydrogens is 126 g/mol. The Kier molecular flexibility index (Phi) is 3.44. The quantitative estimate of drug-likeness (QED) is 0.634. The molecule has 0 aromatic carbocycles. The second kappa shape index (κ2) is 4.45. The molecule has 1 rings (SSSR count). The average molecular weight is 140 g/mol. The zero-order valence-corrected chi connectivity index (χ0v) is 6.23. The van der Waals surface area contributed by atoms with E-state index in [1.165, 1.54) is 19.3 Å². The van der Waals surface area contributed by atoms with Gasteiger partial charge in [0, 0.05) is 12.5 Å². The second-order valence-electron chi connectivity index (χ2n) is 2.83. The summed E-state index contributed by atoms with van der Waals surface area (Å²) in [6.07, 6.45) is 7.34. The minimum Gasteiger partial charge on any atom is -0.314 e. The maximum Gasteiger partial charge on any atom is 0.198 e. The van der Waals surface area contributed by atoms with Gasteiger partial charge in [-0.2, -0.15) is 0 Å². The molecule has 1 saturated heterocycles. The van der Waals surface area contributed by atoms with E-state index in [1.54, 1.807) is 0 Å². The van der Waals surface area contributed by atoms with Gasteiger partial charge in [-0.05, 0) is 25.8 Å². The van der Waals surface area contributed by atoms with Crippen molar-refractivity contribution in [2.24, 2.45) is 0 Å². The summed E-state index contributed by atoms with van der Waals surface area (Å²) < 4.78 is 0. The zero-order chi connectivity index (χ0) is 7.23. The van der Waals surface area contributed by atoms with E-state index in [9.17, 15) is 4.79 Å². The normalized spacial score (nSPS) is 26.2. The van der Waals surface area contributed by atoms with E-state index in [1.807, 2.05) is 6.29 Å². The van der Waals surface area contributed by atoms with Gasteiger partial charge in [0.25, 0.3) is 0 Å². The van der Waals surface area contributed by atoms with Crippen LogP contribution in [0, 0.1) is 0 Å². The molecule has 1 aliphatic rings. The van der Waals surface area contributed by atoms with Crippen molar-refractivity contribution in [2.45, 2.75) is 38.1 Å². The predicted octanol–water partition coefficient (Wildman–Crippen LogP) is 1.02. The summed E-state index contributed by atoms with van der Waals surface area (Å²) in [7, 11) is 0. The third-order valence-corrected chi connectivity index (χ3v) is 2.01. The minimum atomic E-state index is 0.593. The number of hydrogen-bond acceptors (Lipinski definition) is 2. The van der Waals surface area contributed by atoms with Gasteiger partial charge in [0.1, 0.15) is 0 Å². The summed E-state index contributed by atoms with van der Waals surface area (Å²) in [6.45, 7) is 1.13. The Balaban J connectivity index is 2.07. The molecule has 10 heavy (non-hydrogen) atoms. The lowest BCUT2D eigenvalue weighted by Crippen LogP contribution is -2.33. The largest absolute Gasteiger partial charge is 0.314 e. The van der Waals surface area contributed by atoms with E-state index >= 15 is 0 Å². The third-order valence-electron chi connectivity index (χ3n) is 2.01. The highest BCUT2D eigenvalue weighted by atomic mass is 16.1. The fourth-order valence-corrected chi connectivity index (χ4v) is 1.40. The van der Waals surface area contributed by atoms with Crippen LogP contribution in [-0.4, -0.2) is 18.9 Å². The van der Waals surface area contributed by atoms with Crippen LogP contribution in [0.1, 0.15) is 32.1 Å². The fourth-order valence-electron chi connectivity index (χ4n) is 1.40. The first-order chi connectivity index (χ1) is 4.93. The number of nitrogens with one attached hydrogen (secondary N) is 1. The van der Waals surface area contributed by atoms with Crippen LogP contribution in [-0.2, 0) is 4.79 Å². The Bertz CT molecular complexity index is 97.4. The van der Waals surface area contributed by atoms with Gasteiger partial charge >= 0.3 is 0 Å². The Morgan fingerprint density at radius 1 is 1.50 bits per heavy atom. The summed E-state index contributed by atoms with van der Waals surface area (Å²) in [6, 6.07) is 0.593. The van der Waals surface area contributed by atoms with Crippen molar-refractivity contribution in [2.75, 3.05) is 6.54 Å². The SMILES string of the molecule is O=[C]CCC1CCCCN1. The van der Waals surface area contributed by atoms with Gasteiger partial charge in [0.15, 0.2) is 6.29 Å². The van der Waals surface area contributed by atoms with Gasteiger partial charge in [0.05, 0.1) is 0 Å². The van der Waals surface area contributed by atoms with Crippen LogP contribution in [0.4, 0.5) is 0 Å². The lowest BCUT2D eigenvalue weighted by atomic mass is 10.0. The van der Waals surface area contributed by atoms with E-state index in [-0.39, 0.29) is 0 Å². The average Bonchev–Trinajstić information content (AvgIpc) is 2.03. The molecule has 1 unspecified atom stereocenters. The van der Waals surface area contributed by atoms with Crippen LogP contribution >= 0.6 is 0 Å². The first kappa shape index (κ1) is 7.73. The molecule has 2 heteroatoms. The van der Waals surface area contributed by atoms with Crippen molar-refractivity contribution in [1.29, 1.82) is 0 Å². The van der Waals surface area contributed by atoms with Crippen LogP contribution in [0.5, 0.6) is 0 Å². The Morgan fingerprint density at radius 3 is 3.00 bits per heavy atom. The van der Waals surface area contributed by atoms with Gasteiger partial charge < -0.3 is 5.32 Å². The van der Waals surface area contributed by atoms with E-state index in [4.69, 9.17) is 0 Å². The van der Waals surface area contributed by atoms with E-state index < -0.39 is 0 Å². The molecule has 1 aliphatic heterocycles. The molecule has 0 aromatic heterocycles. The van der Waals surface area contributed by atoms with Gasteiger partial charge in [-0.25, -0.2) is 0 Å². The molecule has 1 radical (unpaired) electrons. The van der Waals surface area contributed by atoms with Crippen LogP contribution < -0.4 is 5.32 Å². The Labute approximate surface area is 62.0 Å². The van der Waals surface area contributed by atoms with Gasteiger partial charge in [0.2, 0.25) is 0 Å². The van der Waals surface area contributed by atoms with E-state index in [0.29, 0.717) is 12.5 Å². The first-order valence-corrected chi connectivity index (χ1v) is 4.02. The highest BCUT2D eigenvalue weighted by Gasteiger charge is 2.10. The van der Waals surface area contributed by atoms with Crippen molar-refractivity contribution >= 4 is 6.29 Å². The lowest BCUT2D eigenvalue weighted by molar-refractivity contribution is 0.384. The molecule has 2 nitrogen and oxygen atoms in total. The molecule has 0 bridgehead atoms. The van der Waals surface area contributed by atoms with E-state index in [0.717, 1.165) is 13.0 Å². The Hall–Kier alpha value is -0.370. The number of rotatable bonds is 3. The standard InChI is InChI=1S/C8H14NO/c10-7-3-5-8-4-1-2-6-9-8/h8-9H,1-6H2. The molecular formula is C8H14NO. The molecule has 1 atom stereocenters. The van der Waals surface area contributed by atoms with Crippen molar-refractivity contribution in [3.63, 3.8) is 0 Å². The summed E-state index contributed by atoms with van der Waals surface area (Å²) in [5.74, 6) is 0. The van der Waals surface area contributed by atoms with Gasteiger partial charge in [-0.3, -0.25) is 4.79 Å². The topological polar surface area (TPSA) is 29.1 Å². The zero-order valence-electron chi connectivity index (χ0n) is 6.23. The van der Waals surface area contributed by atoms with Crippen LogP contribution in [0.3, 0.4) is 0 Å². The lowest BCUT2D eigenvalue weighted by Gasteiger charge is -2.22. The first-order valence-electron chi connectivity index (χ1n) is 4.02. The maximum absolute atomic E-state index is 9.89. The van der Waals surface area contributed by atoms with Gasteiger partial charge in [-0.15, -0.1) is 0 Å². The predicted molar refractivity (Wildman–Crippen MR) is 40.6 cm³/mol. The molecule has 0 amide bonds. The summed E-state index contributed by atoms with van der Waals surface area (Å²) >= 11 is 0. The van der Waals surface area contributed by atoms with Crippen LogP contribution in [0.2, 0.25) is 0 Å². The molecule has 1 fully saturated rings. The molecule has 57 valence electrons. The highest BCUT2D eigenvalue weighted by molar-refractivity contribution is 5.50. The maximum atomic E-state index is 9.89. The fraction of sp³-hybridized carbons (Fsp3) is 0.875. The molecule has 0 aromatic rings. The number of carbonyl (C=O) groups excluding carboxylic acids is 1. The van der Waals surface area contributed by atoms with E-state index in [2.05, 4.69) is 5.32 Å². The summed E-state index contributed by atoms with van der Waals surface area (Å²) in [4.78, 5) is 9.89. The van der Waals surface area contributed by atoms with Crippen molar-refractivity contribution in [1.82, 2.24) is 5.32 Å². The molecule has 0 saturated carbocycles. The molecule has 1 heterocycles. The number of piperidine rings is 1. The monoisotopic (exact) mass is 140 g/mol. The molecule has 0 spiro atoms. The summed E-state index contributed by atoms with van der Waals surface area (Å²) in [5.41, 5.74) is 0. The van der Waals surface area contributed by atoms with Crippen molar-refractivity contribution < 1.29 is 4.79 Å². The van der Waals surface area contributed by atoms with Gasteiger partial charge in [-0.1, -0.05) is 6.42 Å². The molecule has 0 aliphatic carbocycles.